The van der Waals surface area contributed by atoms with Gasteiger partial charge in [0.1, 0.15) is 0 Å². The van der Waals surface area contributed by atoms with Gasteiger partial charge < -0.3 is 15.8 Å². The Morgan fingerprint density at radius 3 is 2.60 bits per heavy atom. The van der Waals surface area contributed by atoms with Crippen LogP contribution >= 0.6 is 0 Å². The first-order valence-corrected chi connectivity index (χ1v) is 7.27. The maximum absolute atomic E-state index is 11.7. The summed E-state index contributed by atoms with van der Waals surface area (Å²) in [5.41, 5.74) is 6.47. The Balaban J connectivity index is 1.86. The van der Waals surface area contributed by atoms with Crippen LogP contribution in [0.3, 0.4) is 0 Å². The smallest absolute Gasteiger partial charge is 0.225 e. The molecule has 2 rings (SSSR count). The van der Waals surface area contributed by atoms with Crippen molar-refractivity contribution in [1.82, 2.24) is 5.32 Å². The highest BCUT2D eigenvalue weighted by Crippen LogP contribution is 2.29. The minimum Gasteiger partial charge on any atom is -0.381 e. The van der Waals surface area contributed by atoms with Crippen molar-refractivity contribution in [1.29, 1.82) is 0 Å². The molecule has 0 radical (unpaired) electrons. The van der Waals surface area contributed by atoms with Crippen molar-refractivity contribution in [2.24, 2.45) is 11.1 Å². The lowest BCUT2D eigenvalue weighted by molar-refractivity contribution is -0.132. The van der Waals surface area contributed by atoms with E-state index in [2.05, 4.69) is 36.5 Å². The summed E-state index contributed by atoms with van der Waals surface area (Å²) in [6, 6.07) is 10.4. The van der Waals surface area contributed by atoms with E-state index in [9.17, 15) is 4.79 Å². The Labute approximate surface area is 120 Å². The molecule has 1 heterocycles. The molecule has 3 N–H and O–H groups in total. The van der Waals surface area contributed by atoms with E-state index in [0.717, 1.165) is 19.4 Å². The van der Waals surface area contributed by atoms with Gasteiger partial charge in [-0.3, -0.25) is 4.79 Å². The molecule has 1 atom stereocenters. The van der Waals surface area contributed by atoms with Crippen LogP contribution in [0, 0.1) is 5.41 Å². The predicted octanol–water partition coefficient (Wildman–Crippen LogP) is 1.66. The standard InChI is InChI=1S/C16H24N2O2/c1-13(14-5-3-2-4-6-14)11-18-12-16(15(17)19)7-9-20-10-8-16/h2-6,13,18H,7-12H2,1H3,(H2,17,19). The average Bonchev–Trinajstić information content (AvgIpc) is 2.49. The molecule has 20 heavy (non-hydrogen) atoms. The molecule has 1 fully saturated rings. The summed E-state index contributed by atoms with van der Waals surface area (Å²) in [6.07, 6.45) is 1.43. The van der Waals surface area contributed by atoms with Crippen molar-refractivity contribution >= 4 is 5.91 Å². The Morgan fingerprint density at radius 1 is 1.35 bits per heavy atom. The number of ether oxygens (including phenoxy) is 1. The number of nitrogens with one attached hydrogen (secondary N) is 1. The zero-order valence-corrected chi connectivity index (χ0v) is 12.1. The molecule has 0 saturated carbocycles. The van der Waals surface area contributed by atoms with E-state index in [-0.39, 0.29) is 5.91 Å². The molecule has 1 amide bonds. The largest absolute Gasteiger partial charge is 0.381 e. The molecule has 1 saturated heterocycles. The van der Waals surface area contributed by atoms with Crippen molar-refractivity contribution in [2.45, 2.75) is 25.7 Å². The first-order valence-electron chi connectivity index (χ1n) is 7.27. The highest BCUT2D eigenvalue weighted by molar-refractivity contribution is 5.81. The van der Waals surface area contributed by atoms with Crippen LogP contribution in [0.4, 0.5) is 0 Å². The monoisotopic (exact) mass is 276 g/mol. The number of hydrogen-bond acceptors (Lipinski definition) is 3. The molecule has 4 heteroatoms. The number of benzene rings is 1. The molecule has 110 valence electrons. The number of carbonyl (C=O) groups is 1. The number of amides is 1. The lowest BCUT2D eigenvalue weighted by Crippen LogP contribution is -2.48. The third-order valence-electron chi connectivity index (χ3n) is 4.26. The van der Waals surface area contributed by atoms with E-state index in [1.807, 2.05) is 6.07 Å². The number of primary amides is 1. The van der Waals surface area contributed by atoms with Gasteiger partial charge in [0.2, 0.25) is 5.91 Å². The van der Waals surface area contributed by atoms with Gasteiger partial charge in [-0.05, 0) is 24.3 Å². The van der Waals surface area contributed by atoms with E-state index >= 15 is 0 Å². The van der Waals surface area contributed by atoms with Crippen LogP contribution in [0.5, 0.6) is 0 Å². The zero-order valence-electron chi connectivity index (χ0n) is 12.1. The molecule has 1 aromatic carbocycles. The van der Waals surface area contributed by atoms with Gasteiger partial charge in [-0.2, -0.15) is 0 Å². The predicted molar refractivity (Wildman–Crippen MR) is 79.4 cm³/mol. The van der Waals surface area contributed by atoms with E-state index in [4.69, 9.17) is 10.5 Å². The Bertz CT molecular complexity index is 427. The second-order valence-corrected chi connectivity index (χ2v) is 5.70. The minimum absolute atomic E-state index is 0.208. The van der Waals surface area contributed by atoms with Crippen LogP contribution in [0.25, 0.3) is 0 Å². The summed E-state index contributed by atoms with van der Waals surface area (Å²) >= 11 is 0. The SMILES string of the molecule is CC(CNCC1(C(N)=O)CCOCC1)c1ccccc1. The van der Waals surface area contributed by atoms with E-state index in [0.29, 0.717) is 25.7 Å². The molecule has 1 aromatic rings. The highest BCUT2D eigenvalue weighted by Gasteiger charge is 2.38. The van der Waals surface area contributed by atoms with Crippen LogP contribution in [0.15, 0.2) is 30.3 Å². The third-order valence-corrected chi connectivity index (χ3v) is 4.26. The van der Waals surface area contributed by atoms with Gasteiger partial charge in [-0.1, -0.05) is 37.3 Å². The van der Waals surface area contributed by atoms with Gasteiger partial charge in [-0.25, -0.2) is 0 Å². The molecule has 1 unspecified atom stereocenters. The van der Waals surface area contributed by atoms with Gasteiger partial charge in [0.15, 0.2) is 0 Å². The fourth-order valence-electron chi connectivity index (χ4n) is 2.70. The fourth-order valence-corrected chi connectivity index (χ4v) is 2.70. The third kappa shape index (κ3) is 3.58. The van der Waals surface area contributed by atoms with Crippen LogP contribution in [0.1, 0.15) is 31.2 Å². The average molecular weight is 276 g/mol. The first-order chi connectivity index (χ1) is 9.64. The van der Waals surface area contributed by atoms with Gasteiger partial charge in [-0.15, -0.1) is 0 Å². The summed E-state index contributed by atoms with van der Waals surface area (Å²) in [7, 11) is 0. The Kier molecular flexibility index (Phi) is 5.15. The van der Waals surface area contributed by atoms with E-state index < -0.39 is 5.41 Å². The number of hydrogen-bond donors (Lipinski definition) is 2. The van der Waals surface area contributed by atoms with E-state index in [1.165, 1.54) is 5.56 Å². The number of nitrogens with two attached hydrogens (primary N) is 1. The van der Waals surface area contributed by atoms with Crippen LogP contribution in [0.2, 0.25) is 0 Å². The van der Waals surface area contributed by atoms with Gasteiger partial charge in [0.25, 0.3) is 0 Å². The van der Waals surface area contributed by atoms with Crippen molar-refractivity contribution in [2.75, 3.05) is 26.3 Å². The van der Waals surface area contributed by atoms with E-state index in [1.54, 1.807) is 0 Å². The summed E-state index contributed by atoms with van der Waals surface area (Å²) < 4.78 is 5.34. The van der Waals surface area contributed by atoms with Crippen molar-refractivity contribution in [3.8, 4) is 0 Å². The quantitative estimate of drug-likeness (QED) is 0.830. The maximum Gasteiger partial charge on any atom is 0.225 e. The van der Waals surface area contributed by atoms with Gasteiger partial charge in [0, 0.05) is 26.3 Å². The molecular formula is C16H24N2O2. The van der Waals surface area contributed by atoms with Crippen molar-refractivity contribution in [3.05, 3.63) is 35.9 Å². The summed E-state index contributed by atoms with van der Waals surface area (Å²) in [6.45, 7) is 4.92. The topological polar surface area (TPSA) is 64.3 Å². The fraction of sp³-hybridized carbons (Fsp3) is 0.562. The summed E-state index contributed by atoms with van der Waals surface area (Å²) in [4.78, 5) is 11.7. The normalized spacial score (nSPS) is 19.4. The zero-order chi connectivity index (χ0) is 14.4. The first kappa shape index (κ1) is 15.0. The van der Waals surface area contributed by atoms with Crippen LogP contribution in [-0.4, -0.2) is 32.2 Å². The van der Waals surface area contributed by atoms with Gasteiger partial charge >= 0.3 is 0 Å². The van der Waals surface area contributed by atoms with Crippen LogP contribution < -0.4 is 11.1 Å². The van der Waals surface area contributed by atoms with Gasteiger partial charge in [0.05, 0.1) is 5.41 Å². The second kappa shape index (κ2) is 6.86. The molecule has 0 bridgehead atoms. The molecule has 0 aliphatic carbocycles. The summed E-state index contributed by atoms with van der Waals surface area (Å²) in [5, 5.41) is 3.42. The lowest BCUT2D eigenvalue weighted by atomic mass is 9.79. The molecular weight excluding hydrogens is 252 g/mol. The maximum atomic E-state index is 11.7. The van der Waals surface area contributed by atoms with Crippen molar-refractivity contribution in [3.63, 3.8) is 0 Å². The second-order valence-electron chi connectivity index (χ2n) is 5.70. The lowest BCUT2D eigenvalue weighted by Gasteiger charge is -2.34. The van der Waals surface area contributed by atoms with Crippen LogP contribution in [-0.2, 0) is 9.53 Å². The molecule has 4 nitrogen and oxygen atoms in total. The molecule has 1 aliphatic heterocycles. The molecule has 1 aliphatic rings. The van der Waals surface area contributed by atoms with Crippen molar-refractivity contribution < 1.29 is 9.53 Å². The Hall–Kier alpha value is -1.39. The highest BCUT2D eigenvalue weighted by atomic mass is 16.5. The number of rotatable bonds is 6. The summed E-state index contributed by atoms with van der Waals surface area (Å²) in [5.74, 6) is 0.210. The number of carbonyl (C=O) groups excluding carboxylic acids is 1. The molecule has 0 spiro atoms. The molecule has 0 aromatic heterocycles. The minimum atomic E-state index is -0.436. The Morgan fingerprint density at radius 2 is 2.00 bits per heavy atom.